The first kappa shape index (κ1) is 18.2. The lowest BCUT2D eigenvalue weighted by molar-refractivity contribution is -0.384. The Hall–Kier alpha value is -2.64. The van der Waals surface area contributed by atoms with Crippen molar-refractivity contribution in [3.8, 4) is 0 Å². The fraction of sp³-hybridized carbons (Fsp3) is 0.556. The van der Waals surface area contributed by atoms with Gasteiger partial charge in [-0.1, -0.05) is 12.8 Å². The largest absolute Gasteiger partial charge is 0.452 e. The molecule has 1 heterocycles. The molecule has 0 spiro atoms. The monoisotopic (exact) mass is 361 g/mol. The molecule has 0 radical (unpaired) electrons. The summed E-state index contributed by atoms with van der Waals surface area (Å²) >= 11 is 0. The third-order valence-corrected chi connectivity index (χ3v) is 5.36. The van der Waals surface area contributed by atoms with Crippen molar-refractivity contribution in [2.24, 2.45) is 5.92 Å². The first-order chi connectivity index (χ1) is 12.5. The highest BCUT2D eigenvalue weighted by Crippen LogP contribution is 2.35. The Balaban J connectivity index is 1.63. The average molecular weight is 361 g/mol. The lowest BCUT2D eigenvalue weighted by Gasteiger charge is -2.44. The van der Waals surface area contributed by atoms with E-state index in [-0.39, 0.29) is 35.5 Å². The van der Waals surface area contributed by atoms with Crippen molar-refractivity contribution in [2.75, 3.05) is 18.9 Å². The number of piperidine rings is 1. The number of benzene rings is 1. The van der Waals surface area contributed by atoms with Crippen LogP contribution in [0.4, 0.5) is 11.4 Å². The molecule has 1 amide bonds. The maximum atomic E-state index is 12.6. The first-order valence-corrected chi connectivity index (χ1v) is 8.98. The van der Waals surface area contributed by atoms with E-state index in [4.69, 9.17) is 10.5 Å². The molecule has 0 bridgehead atoms. The molecule has 26 heavy (non-hydrogen) atoms. The summed E-state index contributed by atoms with van der Waals surface area (Å²) in [6.45, 7) is 0.320. The number of hydrogen-bond acceptors (Lipinski definition) is 6. The van der Waals surface area contributed by atoms with Gasteiger partial charge in [-0.3, -0.25) is 14.9 Å². The molecule has 1 aliphatic heterocycles. The standard InChI is InChI=1S/C18H23N3O5/c19-15-8-7-13(21(24)25)10-14(15)18(23)26-11-17(22)20-9-3-5-12-4-1-2-6-16(12)20/h7-8,10,12,16H,1-6,9,11,19H2/t12-,16-/m1/s1. The van der Waals surface area contributed by atoms with E-state index in [0.717, 1.165) is 38.2 Å². The minimum absolute atomic E-state index is 0.0818. The van der Waals surface area contributed by atoms with E-state index in [9.17, 15) is 19.7 Å². The summed E-state index contributed by atoms with van der Waals surface area (Å²) in [7, 11) is 0. The molecule has 0 aromatic heterocycles. The van der Waals surface area contributed by atoms with Crippen LogP contribution < -0.4 is 5.73 Å². The summed E-state index contributed by atoms with van der Waals surface area (Å²) < 4.78 is 5.11. The van der Waals surface area contributed by atoms with Gasteiger partial charge in [-0.05, 0) is 37.7 Å². The number of non-ortho nitro benzene ring substituents is 1. The SMILES string of the molecule is Nc1ccc([N+](=O)[O-])cc1C(=O)OCC(=O)N1CCC[C@H]2CCCC[C@H]21. The summed E-state index contributed by atoms with van der Waals surface area (Å²) in [5.74, 6) is -0.486. The molecule has 2 atom stereocenters. The average Bonchev–Trinajstić information content (AvgIpc) is 2.65. The summed E-state index contributed by atoms with van der Waals surface area (Å²) in [4.78, 5) is 36.9. The van der Waals surface area contributed by atoms with Crippen LogP contribution in [0.3, 0.4) is 0 Å². The number of ether oxygens (including phenoxy) is 1. The highest BCUT2D eigenvalue weighted by atomic mass is 16.6. The Bertz CT molecular complexity index is 719. The van der Waals surface area contributed by atoms with Gasteiger partial charge in [0.1, 0.15) is 0 Å². The number of esters is 1. The number of carbonyl (C=O) groups is 2. The van der Waals surface area contributed by atoms with Crippen molar-refractivity contribution in [1.29, 1.82) is 0 Å². The number of likely N-dealkylation sites (tertiary alicyclic amines) is 1. The van der Waals surface area contributed by atoms with E-state index in [1.165, 1.54) is 18.6 Å². The predicted octanol–water partition coefficient (Wildman–Crippen LogP) is 2.52. The van der Waals surface area contributed by atoms with Crippen LogP contribution in [-0.2, 0) is 9.53 Å². The third-order valence-electron chi connectivity index (χ3n) is 5.36. The molecule has 3 rings (SSSR count). The second-order valence-corrected chi connectivity index (χ2v) is 6.95. The number of nitrogens with zero attached hydrogens (tertiary/aromatic N) is 2. The molecule has 1 saturated carbocycles. The zero-order valence-corrected chi connectivity index (χ0v) is 14.6. The normalized spacial score (nSPS) is 22.4. The van der Waals surface area contributed by atoms with Gasteiger partial charge in [-0.15, -0.1) is 0 Å². The zero-order chi connectivity index (χ0) is 18.7. The van der Waals surface area contributed by atoms with Crippen molar-refractivity contribution in [3.63, 3.8) is 0 Å². The van der Waals surface area contributed by atoms with Gasteiger partial charge < -0.3 is 15.4 Å². The van der Waals surface area contributed by atoms with Crippen LogP contribution in [0.25, 0.3) is 0 Å². The van der Waals surface area contributed by atoms with Gasteiger partial charge in [-0.25, -0.2) is 4.79 Å². The van der Waals surface area contributed by atoms with Crippen LogP contribution in [0.2, 0.25) is 0 Å². The number of rotatable bonds is 4. The molecule has 8 heteroatoms. The summed E-state index contributed by atoms with van der Waals surface area (Å²) in [5.41, 5.74) is 5.44. The molecule has 1 saturated heterocycles. The Labute approximate surface area is 151 Å². The summed E-state index contributed by atoms with van der Waals surface area (Å²) in [5, 5.41) is 10.8. The van der Waals surface area contributed by atoms with Gasteiger partial charge >= 0.3 is 5.97 Å². The highest BCUT2D eigenvalue weighted by molar-refractivity contribution is 5.97. The lowest BCUT2D eigenvalue weighted by Crippen LogP contribution is -2.50. The second-order valence-electron chi connectivity index (χ2n) is 6.95. The molecule has 8 nitrogen and oxygen atoms in total. The second kappa shape index (κ2) is 7.72. The number of fused-ring (bicyclic) bond motifs is 1. The van der Waals surface area contributed by atoms with E-state index in [1.54, 1.807) is 0 Å². The number of nitrogen functional groups attached to an aromatic ring is 1. The van der Waals surface area contributed by atoms with E-state index < -0.39 is 10.9 Å². The van der Waals surface area contributed by atoms with Crippen molar-refractivity contribution < 1.29 is 19.2 Å². The molecule has 2 fully saturated rings. The quantitative estimate of drug-likeness (QED) is 0.381. The number of carbonyl (C=O) groups excluding carboxylic acids is 2. The van der Waals surface area contributed by atoms with E-state index in [1.807, 2.05) is 4.90 Å². The van der Waals surface area contributed by atoms with Gasteiger partial charge in [0.2, 0.25) is 0 Å². The number of hydrogen-bond donors (Lipinski definition) is 1. The smallest absolute Gasteiger partial charge is 0.341 e. The molecule has 140 valence electrons. The third kappa shape index (κ3) is 3.79. The molecule has 1 aromatic carbocycles. The van der Waals surface area contributed by atoms with Gasteiger partial charge in [0.15, 0.2) is 6.61 Å². The van der Waals surface area contributed by atoms with Crippen LogP contribution in [-0.4, -0.2) is 40.9 Å². The minimum Gasteiger partial charge on any atom is -0.452 e. The lowest BCUT2D eigenvalue weighted by atomic mass is 9.78. The van der Waals surface area contributed by atoms with Crippen LogP contribution in [0, 0.1) is 16.0 Å². The van der Waals surface area contributed by atoms with Gasteiger partial charge in [0.25, 0.3) is 11.6 Å². The van der Waals surface area contributed by atoms with E-state index >= 15 is 0 Å². The van der Waals surface area contributed by atoms with Crippen molar-refractivity contribution in [3.05, 3.63) is 33.9 Å². The van der Waals surface area contributed by atoms with Gasteiger partial charge in [0, 0.05) is 30.4 Å². The summed E-state index contributed by atoms with van der Waals surface area (Å²) in [6, 6.07) is 3.81. The van der Waals surface area contributed by atoms with Crippen molar-refractivity contribution in [2.45, 2.75) is 44.6 Å². The summed E-state index contributed by atoms with van der Waals surface area (Å²) in [6.07, 6.45) is 6.61. The van der Waals surface area contributed by atoms with Crippen LogP contribution >= 0.6 is 0 Å². The Morgan fingerprint density at radius 1 is 1.23 bits per heavy atom. The van der Waals surface area contributed by atoms with Gasteiger partial charge in [0.05, 0.1) is 10.5 Å². The first-order valence-electron chi connectivity index (χ1n) is 8.98. The number of amides is 1. The Morgan fingerprint density at radius 2 is 1.96 bits per heavy atom. The maximum Gasteiger partial charge on any atom is 0.341 e. The fourth-order valence-electron chi connectivity index (χ4n) is 4.06. The Morgan fingerprint density at radius 3 is 2.73 bits per heavy atom. The van der Waals surface area contributed by atoms with E-state index in [0.29, 0.717) is 12.5 Å². The number of anilines is 1. The predicted molar refractivity (Wildman–Crippen MR) is 94.5 cm³/mol. The van der Waals surface area contributed by atoms with Crippen molar-refractivity contribution >= 4 is 23.3 Å². The van der Waals surface area contributed by atoms with Crippen LogP contribution in [0.5, 0.6) is 0 Å². The number of nitrogens with two attached hydrogens (primary N) is 1. The molecule has 0 unspecified atom stereocenters. The topological polar surface area (TPSA) is 116 Å². The fourth-order valence-corrected chi connectivity index (χ4v) is 4.06. The number of nitro benzene ring substituents is 1. The maximum absolute atomic E-state index is 12.6. The molecular formula is C18H23N3O5. The molecule has 2 N–H and O–H groups in total. The highest BCUT2D eigenvalue weighted by Gasteiger charge is 2.35. The minimum atomic E-state index is -0.822. The zero-order valence-electron chi connectivity index (χ0n) is 14.6. The van der Waals surface area contributed by atoms with E-state index in [2.05, 4.69) is 0 Å². The molecule has 1 aliphatic carbocycles. The molecule has 1 aromatic rings. The molecular weight excluding hydrogens is 338 g/mol. The van der Waals surface area contributed by atoms with Crippen molar-refractivity contribution in [1.82, 2.24) is 4.90 Å². The Kier molecular flexibility index (Phi) is 5.39. The number of nitro groups is 1. The van der Waals surface area contributed by atoms with Crippen LogP contribution in [0.15, 0.2) is 18.2 Å². The van der Waals surface area contributed by atoms with Gasteiger partial charge in [-0.2, -0.15) is 0 Å². The molecule has 2 aliphatic rings. The van der Waals surface area contributed by atoms with Crippen LogP contribution in [0.1, 0.15) is 48.9 Å².